The summed E-state index contributed by atoms with van der Waals surface area (Å²) in [5.41, 5.74) is 5.29. The topological polar surface area (TPSA) is 89.7 Å². The molecule has 6 nitrogen and oxygen atoms in total. The van der Waals surface area contributed by atoms with E-state index in [1.54, 1.807) is 12.1 Å². The van der Waals surface area contributed by atoms with Crippen molar-refractivity contribution < 1.29 is 23.5 Å². The quantitative estimate of drug-likeness (QED) is 0.840. The number of halogens is 1. The number of benzene rings is 1. The fourth-order valence-electron chi connectivity index (χ4n) is 2.85. The standard InChI is InChI=1S/C17H17FN2O4S/c18-12-4-1-5-13-11(12)7-14(25-13)17(23)24-9-15(21)20-6-2-3-10(8-20)16(19)22/h1,4-5,7,10H,2-3,6,8-9H2,(H2,19,22)/t10-/m1/s1. The minimum absolute atomic E-state index is 0.238. The number of hydrogen-bond donors (Lipinski definition) is 1. The smallest absolute Gasteiger partial charge is 0.348 e. The molecular formula is C17H17FN2O4S. The fraction of sp³-hybridized carbons (Fsp3) is 0.353. The molecule has 3 rings (SSSR count). The van der Waals surface area contributed by atoms with Crippen molar-refractivity contribution in [1.29, 1.82) is 0 Å². The molecule has 1 aromatic carbocycles. The molecule has 1 aliphatic heterocycles. The molecule has 0 bridgehead atoms. The summed E-state index contributed by atoms with van der Waals surface area (Å²) < 4.78 is 19.4. The Kier molecular flexibility index (Phi) is 4.98. The van der Waals surface area contributed by atoms with Gasteiger partial charge in [0.15, 0.2) is 6.61 Å². The van der Waals surface area contributed by atoms with Crippen molar-refractivity contribution in [2.24, 2.45) is 11.7 Å². The van der Waals surface area contributed by atoms with Gasteiger partial charge in [0.1, 0.15) is 10.7 Å². The second-order valence-electron chi connectivity index (χ2n) is 5.92. The number of amides is 2. The molecule has 2 aromatic rings. The first kappa shape index (κ1) is 17.3. The van der Waals surface area contributed by atoms with Crippen LogP contribution in [0.25, 0.3) is 10.1 Å². The van der Waals surface area contributed by atoms with Crippen LogP contribution in [0.1, 0.15) is 22.5 Å². The summed E-state index contributed by atoms with van der Waals surface area (Å²) in [6, 6.07) is 6.02. The molecule has 0 radical (unpaired) electrons. The molecule has 0 aliphatic carbocycles. The maximum atomic E-state index is 13.7. The first-order valence-electron chi connectivity index (χ1n) is 7.88. The van der Waals surface area contributed by atoms with E-state index in [1.807, 2.05) is 0 Å². The number of piperidine rings is 1. The summed E-state index contributed by atoms with van der Waals surface area (Å²) in [4.78, 5) is 37.3. The summed E-state index contributed by atoms with van der Waals surface area (Å²) >= 11 is 1.11. The third-order valence-corrected chi connectivity index (χ3v) is 5.29. The van der Waals surface area contributed by atoms with Crippen molar-refractivity contribution >= 4 is 39.2 Å². The zero-order chi connectivity index (χ0) is 18.0. The molecule has 1 aliphatic rings. The van der Waals surface area contributed by atoms with Gasteiger partial charge in [0.25, 0.3) is 5.91 Å². The summed E-state index contributed by atoms with van der Waals surface area (Å²) in [6.07, 6.45) is 1.34. The zero-order valence-corrected chi connectivity index (χ0v) is 14.2. The molecule has 2 heterocycles. The minimum atomic E-state index is -0.669. The second-order valence-corrected chi connectivity index (χ2v) is 7.00. The third kappa shape index (κ3) is 3.79. The third-order valence-electron chi connectivity index (χ3n) is 4.21. The molecule has 1 aromatic heterocycles. The molecule has 0 saturated carbocycles. The molecule has 0 spiro atoms. The first-order valence-corrected chi connectivity index (χ1v) is 8.69. The van der Waals surface area contributed by atoms with Gasteiger partial charge < -0.3 is 15.4 Å². The van der Waals surface area contributed by atoms with Gasteiger partial charge in [0, 0.05) is 23.2 Å². The van der Waals surface area contributed by atoms with Gasteiger partial charge in [-0.05, 0) is 31.0 Å². The molecule has 2 amide bonds. The molecule has 1 atom stereocenters. The zero-order valence-electron chi connectivity index (χ0n) is 13.4. The van der Waals surface area contributed by atoms with Crippen molar-refractivity contribution in [3.8, 4) is 0 Å². The Hall–Kier alpha value is -2.48. The van der Waals surface area contributed by atoms with Gasteiger partial charge in [-0.25, -0.2) is 9.18 Å². The van der Waals surface area contributed by atoms with Crippen LogP contribution >= 0.6 is 11.3 Å². The average Bonchev–Trinajstić information content (AvgIpc) is 3.05. The van der Waals surface area contributed by atoms with E-state index in [2.05, 4.69) is 0 Å². The average molecular weight is 364 g/mol. The van der Waals surface area contributed by atoms with Gasteiger partial charge in [-0.3, -0.25) is 9.59 Å². The number of carbonyl (C=O) groups excluding carboxylic acids is 3. The number of nitrogens with zero attached hydrogens (tertiary/aromatic N) is 1. The van der Waals surface area contributed by atoms with Crippen molar-refractivity contribution in [3.63, 3.8) is 0 Å². The predicted octanol–water partition coefficient (Wildman–Crippen LogP) is 1.92. The first-order chi connectivity index (χ1) is 12.0. The van der Waals surface area contributed by atoms with Crippen LogP contribution in [0.4, 0.5) is 4.39 Å². The Morgan fingerprint density at radius 2 is 2.16 bits per heavy atom. The van der Waals surface area contributed by atoms with Gasteiger partial charge in [-0.1, -0.05) is 6.07 Å². The highest BCUT2D eigenvalue weighted by Gasteiger charge is 2.27. The Bertz CT molecular complexity index is 835. The van der Waals surface area contributed by atoms with E-state index in [-0.39, 0.29) is 23.2 Å². The normalized spacial score (nSPS) is 17.5. The van der Waals surface area contributed by atoms with Crippen molar-refractivity contribution in [3.05, 3.63) is 35.0 Å². The maximum Gasteiger partial charge on any atom is 0.348 e. The van der Waals surface area contributed by atoms with Crippen molar-refractivity contribution in [2.45, 2.75) is 12.8 Å². The number of likely N-dealkylation sites (tertiary alicyclic amines) is 1. The summed E-state index contributed by atoms with van der Waals surface area (Å²) in [5.74, 6) is -2.24. The lowest BCUT2D eigenvalue weighted by Gasteiger charge is -2.30. The van der Waals surface area contributed by atoms with E-state index in [0.29, 0.717) is 29.5 Å². The molecule has 8 heteroatoms. The van der Waals surface area contributed by atoms with Crippen LogP contribution in [0, 0.1) is 11.7 Å². The Labute approximate surface area is 147 Å². The highest BCUT2D eigenvalue weighted by molar-refractivity contribution is 7.20. The largest absolute Gasteiger partial charge is 0.451 e. The van der Waals surface area contributed by atoms with Crippen LogP contribution in [0.15, 0.2) is 24.3 Å². The van der Waals surface area contributed by atoms with Gasteiger partial charge in [0.05, 0.1) is 5.92 Å². The van der Waals surface area contributed by atoms with Crippen LogP contribution in [0.2, 0.25) is 0 Å². The van der Waals surface area contributed by atoms with Gasteiger partial charge in [-0.2, -0.15) is 0 Å². The predicted molar refractivity (Wildman–Crippen MR) is 90.6 cm³/mol. The van der Waals surface area contributed by atoms with Crippen LogP contribution in [0.5, 0.6) is 0 Å². The number of carbonyl (C=O) groups is 3. The summed E-state index contributed by atoms with van der Waals surface area (Å²) in [7, 11) is 0. The number of esters is 1. The van der Waals surface area contributed by atoms with E-state index in [4.69, 9.17) is 10.5 Å². The Morgan fingerprint density at radius 3 is 2.88 bits per heavy atom. The van der Waals surface area contributed by atoms with E-state index < -0.39 is 24.3 Å². The number of ether oxygens (including phenoxy) is 1. The fourth-order valence-corrected chi connectivity index (χ4v) is 3.82. The van der Waals surface area contributed by atoms with Crippen LogP contribution in [0.3, 0.4) is 0 Å². The SMILES string of the molecule is NC(=O)[C@@H]1CCCN(C(=O)COC(=O)c2cc3c(F)cccc3s2)C1. The second kappa shape index (κ2) is 7.18. The van der Waals surface area contributed by atoms with Crippen LogP contribution in [-0.2, 0) is 14.3 Å². The van der Waals surface area contributed by atoms with Gasteiger partial charge in [0.2, 0.25) is 5.91 Å². The molecule has 25 heavy (non-hydrogen) atoms. The number of nitrogens with two attached hydrogens (primary N) is 1. The highest BCUT2D eigenvalue weighted by atomic mass is 32.1. The van der Waals surface area contributed by atoms with Gasteiger partial charge >= 0.3 is 5.97 Å². The Morgan fingerprint density at radius 1 is 1.36 bits per heavy atom. The highest BCUT2D eigenvalue weighted by Crippen LogP contribution is 2.28. The van der Waals surface area contributed by atoms with Crippen molar-refractivity contribution in [1.82, 2.24) is 4.90 Å². The van der Waals surface area contributed by atoms with Crippen molar-refractivity contribution in [2.75, 3.05) is 19.7 Å². The minimum Gasteiger partial charge on any atom is -0.451 e. The number of primary amides is 1. The number of hydrogen-bond acceptors (Lipinski definition) is 5. The molecular weight excluding hydrogens is 347 g/mol. The van der Waals surface area contributed by atoms with E-state index in [1.165, 1.54) is 17.0 Å². The molecule has 1 saturated heterocycles. The van der Waals surface area contributed by atoms with Gasteiger partial charge in [-0.15, -0.1) is 11.3 Å². The van der Waals surface area contributed by atoms with E-state index in [9.17, 15) is 18.8 Å². The number of rotatable bonds is 4. The lowest BCUT2D eigenvalue weighted by Crippen LogP contribution is -2.45. The summed E-state index contributed by atoms with van der Waals surface area (Å²) in [5, 5.41) is 0.353. The summed E-state index contributed by atoms with van der Waals surface area (Å²) in [6.45, 7) is 0.342. The maximum absolute atomic E-state index is 13.7. The molecule has 2 N–H and O–H groups in total. The number of fused-ring (bicyclic) bond motifs is 1. The molecule has 132 valence electrons. The van der Waals surface area contributed by atoms with Crippen LogP contribution in [-0.4, -0.2) is 42.4 Å². The van der Waals surface area contributed by atoms with E-state index >= 15 is 0 Å². The Balaban J connectivity index is 1.60. The number of thiophene rings is 1. The molecule has 0 unspecified atom stereocenters. The lowest BCUT2D eigenvalue weighted by molar-refractivity contribution is -0.137. The van der Waals surface area contributed by atoms with Crippen LogP contribution < -0.4 is 5.73 Å². The van der Waals surface area contributed by atoms with E-state index in [0.717, 1.165) is 11.3 Å². The molecule has 1 fully saturated rings. The lowest BCUT2D eigenvalue weighted by atomic mass is 9.97. The monoisotopic (exact) mass is 364 g/mol.